The van der Waals surface area contributed by atoms with Crippen LogP contribution in [0.15, 0.2) is 30.6 Å². The molecule has 1 aliphatic rings. The quantitative estimate of drug-likeness (QED) is 0.879. The Morgan fingerprint density at radius 2 is 2.19 bits per heavy atom. The van der Waals surface area contributed by atoms with Crippen LogP contribution >= 0.6 is 0 Å². The SMILES string of the molecule is CC1CCNC(C(=O)Nc2ccc(-n3cnnn3)cc2)C1. The summed E-state index contributed by atoms with van der Waals surface area (Å²) in [5.74, 6) is 0.612. The maximum atomic E-state index is 12.2. The van der Waals surface area contributed by atoms with Crippen LogP contribution in [0.4, 0.5) is 5.69 Å². The summed E-state index contributed by atoms with van der Waals surface area (Å²) in [5, 5.41) is 17.2. The molecule has 21 heavy (non-hydrogen) atoms. The van der Waals surface area contributed by atoms with Gasteiger partial charge in [-0.2, -0.15) is 0 Å². The molecule has 1 aliphatic heterocycles. The number of amides is 1. The van der Waals surface area contributed by atoms with Gasteiger partial charge in [-0.25, -0.2) is 4.68 Å². The summed E-state index contributed by atoms with van der Waals surface area (Å²) in [6.07, 6.45) is 3.54. The molecule has 3 rings (SSSR count). The first-order chi connectivity index (χ1) is 10.2. The van der Waals surface area contributed by atoms with Crippen molar-refractivity contribution in [2.24, 2.45) is 5.92 Å². The third-order valence-electron chi connectivity index (χ3n) is 3.73. The highest BCUT2D eigenvalue weighted by molar-refractivity contribution is 5.94. The number of nitrogens with zero attached hydrogens (tertiary/aromatic N) is 4. The van der Waals surface area contributed by atoms with E-state index < -0.39 is 0 Å². The minimum Gasteiger partial charge on any atom is -0.325 e. The highest BCUT2D eigenvalue weighted by Gasteiger charge is 2.24. The van der Waals surface area contributed by atoms with Crippen LogP contribution < -0.4 is 10.6 Å². The van der Waals surface area contributed by atoms with E-state index in [1.54, 1.807) is 4.68 Å². The maximum absolute atomic E-state index is 12.2. The largest absolute Gasteiger partial charge is 0.325 e. The first kappa shape index (κ1) is 13.7. The van der Waals surface area contributed by atoms with Crippen LogP contribution in [0.25, 0.3) is 5.69 Å². The van der Waals surface area contributed by atoms with Crippen molar-refractivity contribution in [3.63, 3.8) is 0 Å². The lowest BCUT2D eigenvalue weighted by molar-refractivity contribution is -0.119. The van der Waals surface area contributed by atoms with Crippen LogP contribution in [0.2, 0.25) is 0 Å². The zero-order chi connectivity index (χ0) is 14.7. The normalized spacial score (nSPS) is 22.0. The van der Waals surface area contributed by atoms with E-state index in [0.29, 0.717) is 5.92 Å². The van der Waals surface area contributed by atoms with Crippen molar-refractivity contribution >= 4 is 11.6 Å². The molecule has 1 amide bonds. The van der Waals surface area contributed by atoms with E-state index in [9.17, 15) is 4.79 Å². The molecular formula is C14H18N6O. The fourth-order valence-corrected chi connectivity index (χ4v) is 2.51. The molecule has 7 nitrogen and oxygen atoms in total. The summed E-state index contributed by atoms with van der Waals surface area (Å²) < 4.78 is 1.57. The molecule has 2 aromatic rings. The number of rotatable bonds is 3. The van der Waals surface area contributed by atoms with Crippen molar-refractivity contribution in [1.82, 2.24) is 25.5 Å². The predicted octanol–water partition coefficient (Wildman–Crippen LogP) is 0.989. The molecule has 7 heteroatoms. The molecular weight excluding hydrogens is 268 g/mol. The molecule has 0 aliphatic carbocycles. The number of nitrogens with one attached hydrogen (secondary N) is 2. The number of hydrogen-bond donors (Lipinski definition) is 2. The number of anilines is 1. The molecule has 2 heterocycles. The minimum absolute atomic E-state index is 0.0247. The molecule has 2 unspecified atom stereocenters. The summed E-state index contributed by atoms with van der Waals surface area (Å²) in [6, 6.07) is 7.32. The summed E-state index contributed by atoms with van der Waals surface area (Å²) in [6.45, 7) is 3.08. The maximum Gasteiger partial charge on any atom is 0.241 e. The van der Waals surface area contributed by atoms with Gasteiger partial charge in [0.25, 0.3) is 0 Å². The monoisotopic (exact) mass is 286 g/mol. The second-order valence-electron chi connectivity index (χ2n) is 5.43. The van der Waals surface area contributed by atoms with Gasteiger partial charge in [0.1, 0.15) is 6.33 Å². The molecule has 1 fully saturated rings. The molecule has 0 radical (unpaired) electrons. The van der Waals surface area contributed by atoms with E-state index in [-0.39, 0.29) is 11.9 Å². The van der Waals surface area contributed by atoms with Gasteiger partial charge < -0.3 is 10.6 Å². The van der Waals surface area contributed by atoms with Crippen molar-refractivity contribution in [2.75, 3.05) is 11.9 Å². The van der Waals surface area contributed by atoms with E-state index in [1.165, 1.54) is 6.33 Å². The van der Waals surface area contributed by atoms with E-state index >= 15 is 0 Å². The van der Waals surface area contributed by atoms with Gasteiger partial charge in [0.05, 0.1) is 11.7 Å². The highest BCUT2D eigenvalue weighted by atomic mass is 16.2. The average Bonchev–Trinajstić information content (AvgIpc) is 3.02. The van der Waals surface area contributed by atoms with Crippen molar-refractivity contribution in [2.45, 2.75) is 25.8 Å². The van der Waals surface area contributed by atoms with Gasteiger partial charge in [-0.05, 0) is 60.0 Å². The van der Waals surface area contributed by atoms with E-state index in [0.717, 1.165) is 30.8 Å². The number of aromatic nitrogens is 4. The second-order valence-corrected chi connectivity index (χ2v) is 5.43. The number of carbonyl (C=O) groups is 1. The second kappa shape index (κ2) is 6.01. The van der Waals surface area contributed by atoms with Gasteiger partial charge in [0.2, 0.25) is 5.91 Å². The topological polar surface area (TPSA) is 84.7 Å². The molecule has 1 aromatic carbocycles. The average molecular weight is 286 g/mol. The van der Waals surface area contributed by atoms with Crippen LogP contribution in [0.5, 0.6) is 0 Å². The fourth-order valence-electron chi connectivity index (χ4n) is 2.51. The Kier molecular flexibility index (Phi) is 3.92. The lowest BCUT2D eigenvalue weighted by atomic mass is 9.94. The minimum atomic E-state index is -0.104. The van der Waals surface area contributed by atoms with Crippen LogP contribution in [-0.4, -0.2) is 38.7 Å². The van der Waals surface area contributed by atoms with Crippen molar-refractivity contribution in [3.05, 3.63) is 30.6 Å². The van der Waals surface area contributed by atoms with Crippen LogP contribution in [0, 0.1) is 5.92 Å². The number of carbonyl (C=O) groups excluding carboxylic acids is 1. The van der Waals surface area contributed by atoms with Crippen LogP contribution in [-0.2, 0) is 4.79 Å². The Hall–Kier alpha value is -2.28. The molecule has 0 saturated carbocycles. The van der Waals surface area contributed by atoms with Gasteiger partial charge >= 0.3 is 0 Å². The van der Waals surface area contributed by atoms with E-state index in [2.05, 4.69) is 33.1 Å². The third kappa shape index (κ3) is 3.25. The van der Waals surface area contributed by atoms with Crippen LogP contribution in [0.3, 0.4) is 0 Å². The summed E-state index contributed by atoms with van der Waals surface area (Å²) in [7, 11) is 0. The Morgan fingerprint density at radius 1 is 1.38 bits per heavy atom. The molecule has 110 valence electrons. The Morgan fingerprint density at radius 3 is 2.86 bits per heavy atom. The zero-order valence-corrected chi connectivity index (χ0v) is 11.9. The van der Waals surface area contributed by atoms with E-state index in [4.69, 9.17) is 0 Å². The highest BCUT2D eigenvalue weighted by Crippen LogP contribution is 2.17. The van der Waals surface area contributed by atoms with Gasteiger partial charge in [-0.1, -0.05) is 6.92 Å². The molecule has 0 bridgehead atoms. The molecule has 1 aromatic heterocycles. The Bertz CT molecular complexity index is 594. The Balaban J connectivity index is 1.63. The van der Waals surface area contributed by atoms with Crippen molar-refractivity contribution < 1.29 is 4.79 Å². The van der Waals surface area contributed by atoms with Crippen molar-refractivity contribution in [1.29, 1.82) is 0 Å². The zero-order valence-electron chi connectivity index (χ0n) is 11.9. The number of benzene rings is 1. The molecule has 2 atom stereocenters. The summed E-state index contributed by atoms with van der Waals surface area (Å²) in [5.41, 5.74) is 1.62. The summed E-state index contributed by atoms with van der Waals surface area (Å²) >= 11 is 0. The number of piperidine rings is 1. The lowest BCUT2D eigenvalue weighted by Crippen LogP contribution is -2.45. The predicted molar refractivity (Wildman–Crippen MR) is 78.0 cm³/mol. The van der Waals surface area contributed by atoms with Crippen LogP contribution in [0.1, 0.15) is 19.8 Å². The number of tetrazole rings is 1. The fraction of sp³-hybridized carbons (Fsp3) is 0.429. The van der Waals surface area contributed by atoms with Gasteiger partial charge in [0, 0.05) is 5.69 Å². The van der Waals surface area contributed by atoms with Gasteiger partial charge in [-0.3, -0.25) is 4.79 Å². The third-order valence-corrected chi connectivity index (χ3v) is 3.73. The Labute approximate surface area is 122 Å². The van der Waals surface area contributed by atoms with Crippen molar-refractivity contribution in [3.8, 4) is 5.69 Å². The standard InChI is InChI=1S/C14H18N6O/c1-10-6-7-15-13(8-10)14(21)17-11-2-4-12(5-3-11)20-9-16-18-19-20/h2-5,9-10,13,15H,6-8H2,1H3,(H,17,21). The summed E-state index contributed by atoms with van der Waals surface area (Å²) in [4.78, 5) is 12.2. The smallest absolute Gasteiger partial charge is 0.241 e. The molecule has 1 saturated heterocycles. The molecule has 2 N–H and O–H groups in total. The van der Waals surface area contributed by atoms with E-state index in [1.807, 2.05) is 24.3 Å². The van der Waals surface area contributed by atoms with Gasteiger partial charge in [0.15, 0.2) is 0 Å². The first-order valence-corrected chi connectivity index (χ1v) is 7.10. The molecule has 0 spiro atoms. The number of hydrogen-bond acceptors (Lipinski definition) is 5. The van der Waals surface area contributed by atoms with Gasteiger partial charge in [-0.15, -0.1) is 5.10 Å². The first-order valence-electron chi connectivity index (χ1n) is 7.10. The lowest BCUT2D eigenvalue weighted by Gasteiger charge is -2.27.